The number of aromatic nitrogens is 2. The number of rotatable bonds is 4. The fourth-order valence-corrected chi connectivity index (χ4v) is 4.58. The second-order valence-corrected chi connectivity index (χ2v) is 7.93. The fraction of sp³-hybridized carbons (Fsp3) is 0.300. The zero-order valence-corrected chi connectivity index (χ0v) is 17.6. The van der Waals surface area contributed by atoms with Crippen LogP contribution >= 0.6 is 23.7 Å². The molecule has 0 aliphatic carbocycles. The molecule has 1 aliphatic heterocycles. The summed E-state index contributed by atoms with van der Waals surface area (Å²) in [5, 5.41) is 20.3. The standard InChI is InChI=1S/C20H19N5O3S.ClH/c21-8-12-4-1-2-5-13(12)9-25-18(26)17-16(15(11-29-17)19(27)28)23-20(25)24-7-3-6-14(22)10-24;/h1-2,4-5,11,14H,3,6-7,9-10,22H2,(H,27,28);1H/t14-;/m1./s1. The van der Waals surface area contributed by atoms with Crippen LogP contribution in [-0.4, -0.2) is 39.8 Å². The summed E-state index contributed by atoms with van der Waals surface area (Å²) < 4.78 is 1.82. The predicted octanol–water partition coefficient (Wildman–Crippen LogP) is 2.43. The number of nitrogens with two attached hydrogens (primary N) is 1. The van der Waals surface area contributed by atoms with Gasteiger partial charge in [-0.05, 0) is 24.5 Å². The predicted molar refractivity (Wildman–Crippen MR) is 118 cm³/mol. The zero-order chi connectivity index (χ0) is 20.5. The molecule has 3 aromatic rings. The first-order valence-electron chi connectivity index (χ1n) is 9.23. The van der Waals surface area contributed by atoms with Crippen molar-refractivity contribution in [2.24, 2.45) is 5.73 Å². The van der Waals surface area contributed by atoms with E-state index in [1.54, 1.807) is 18.2 Å². The van der Waals surface area contributed by atoms with Crippen LogP contribution in [0, 0.1) is 11.3 Å². The van der Waals surface area contributed by atoms with Gasteiger partial charge in [-0.2, -0.15) is 5.26 Å². The summed E-state index contributed by atoms with van der Waals surface area (Å²) in [4.78, 5) is 31.4. The minimum atomic E-state index is -1.11. The van der Waals surface area contributed by atoms with Gasteiger partial charge in [0.25, 0.3) is 5.56 Å². The van der Waals surface area contributed by atoms with Crippen LogP contribution in [0.15, 0.2) is 34.4 Å². The highest BCUT2D eigenvalue weighted by Gasteiger charge is 2.25. The van der Waals surface area contributed by atoms with E-state index in [1.807, 2.05) is 11.0 Å². The molecule has 0 radical (unpaired) electrons. The number of hydrogen-bond acceptors (Lipinski definition) is 7. The first kappa shape index (κ1) is 21.8. The van der Waals surface area contributed by atoms with Crippen molar-refractivity contribution in [3.05, 3.63) is 56.7 Å². The average molecular weight is 446 g/mol. The molecule has 1 aliphatic rings. The second-order valence-electron chi connectivity index (χ2n) is 7.05. The maximum Gasteiger partial charge on any atom is 0.338 e. The normalized spacial score (nSPS) is 16.1. The molecule has 10 heteroatoms. The van der Waals surface area contributed by atoms with Crippen molar-refractivity contribution in [1.82, 2.24) is 9.55 Å². The quantitative estimate of drug-likeness (QED) is 0.631. The molecule has 1 fully saturated rings. The van der Waals surface area contributed by atoms with Crippen molar-refractivity contribution in [3.8, 4) is 6.07 Å². The van der Waals surface area contributed by atoms with Gasteiger partial charge in [-0.3, -0.25) is 9.36 Å². The van der Waals surface area contributed by atoms with Crippen LogP contribution in [0.4, 0.5) is 5.95 Å². The smallest absolute Gasteiger partial charge is 0.338 e. The zero-order valence-electron chi connectivity index (χ0n) is 15.9. The largest absolute Gasteiger partial charge is 0.478 e. The molecule has 156 valence electrons. The summed E-state index contributed by atoms with van der Waals surface area (Å²) in [6.45, 7) is 1.38. The summed E-state index contributed by atoms with van der Waals surface area (Å²) in [7, 11) is 0. The van der Waals surface area contributed by atoms with E-state index in [4.69, 9.17) is 5.73 Å². The van der Waals surface area contributed by atoms with Gasteiger partial charge in [0.05, 0.1) is 23.7 Å². The molecule has 3 heterocycles. The Morgan fingerprint density at radius 2 is 2.17 bits per heavy atom. The summed E-state index contributed by atoms with van der Waals surface area (Å²) in [5.41, 5.74) is 7.23. The molecular formula is C20H20ClN5O3S. The molecule has 3 N–H and O–H groups in total. The highest BCUT2D eigenvalue weighted by molar-refractivity contribution is 7.17. The van der Waals surface area contributed by atoms with Crippen molar-refractivity contribution < 1.29 is 9.90 Å². The third kappa shape index (κ3) is 3.89. The topological polar surface area (TPSA) is 125 Å². The van der Waals surface area contributed by atoms with E-state index in [9.17, 15) is 20.0 Å². The molecule has 4 rings (SSSR count). The van der Waals surface area contributed by atoms with Crippen LogP contribution in [0.25, 0.3) is 10.2 Å². The first-order valence-corrected chi connectivity index (χ1v) is 10.1. The van der Waals surface area contributed by atoms with Gasteiger partial charge < -0.3 is 15.7 Å². The van der Waals surface area contributed by atoms with E-state index in [-0.39, 0.29) is 41.6 Å². The van der Waals surface area contributed by atoms with Crippen LogP contribution in [0.5, 0.6) is 0 Å². The molecule has 0 amide bonds. The summed E-state index contributed by atoms with van der Waals surface area (Å²) in [6, 6.07) is 9.21. The van der Waals surface area contributed by atoms with Gasteiger partial charge in [-0.1, -0.05) is 18.2 Å². The number of hydrogen-bond donors (Lipinski definition) is 2. The number of halogens is 1. The first-order chi connectivity index (χ1) is 14.0. The third-order valence-electron chi connectivity index (χ3n) is 5.09. The number of benzene rings is 1. The number of carbonyl (C=O) groups is 1. The molecule has 1 aromatic carbocycles. The Hall–Kier alpha value is -2.93. The van der Waals surface area contributed by atoms with Crippen molar-refractivity contribution >= 4 is 45.9 Å². The lowest BCUT2D eigenvalue weighted by Crippen LogP contribution is -2.45. The van der Waals surface area contributed by atoms with Gasteiger partial charge in [-0.15, -0.1) is 23.7 Å². The number of carboxylic acids is 1. The van der Waals surface area contributed by atoms with Crippen LogP contribution in [0.2, 0.25) is 0 Å². The van der Waals surface area contributed by atoms with E-state index in [0.717, 1.165) is 24.2 Å². The number of carboxylic acid groups (broad SMARTS) is 1. The molecule has 0 bridgehead atoms. The Kier molecular flexibility index (Phi) is 6.41. The minimum Gasteiger partial charge on any atom is -0.478 e. The number of nitrogens with zero attached hydrogens (tertiary/aromatic N) is 4. The average Bonchev–Trinajstić information content (AvgIpc) is 3.15. The molecule has 1 saturated heterocycles. The number of piperidine rings is 1. The maximum absolute atomic E-state index is 13.3. The van der Waals surface area contributed by atoms with Gasteiger partial charge in [0.1, 0.15) is 10.2 Å². The highest BCUT2D eigenvalue weighted by atomic mass is 35.5. The van der Waals surface area contributed by atoms with E-state index < -0.39 is 5.97 Å². The SMILES string of the molecule is Cl.N#Cc1ccccc1Cn1c(N2CCC[C@@H](N)C2)nc2c(C(=O)O)csc2c1=O. The Morgan fingerprint density at radius 3 is 2.87 bits per heavy atom. The lowest BCUT2D eigenvalue weighted by Gasteiger charge is -2.33. The lowest BCUT2D eigenvalue weighted by atomic mass is 10.1. The number of nitriles is 1. The number of anilines is 1. The second kappa shape index (κ2) is 8.83. The van der Waals surface area contributed by atoms with Gasteiger partial charge in [0.15, 0.2) is 0 Å². The van der Waals surface area contributed by atoms with Crippen molar-refractivity contribution in [2.75, 3.05) is 18.0 Å². The van der Waals surface area contributed by atoms with Gasteiger partial charge in [0.2, 0.25) is 5.95 Å². The Bertz CT molecular complexity index is 1200. The van der Waals surface area contributed by atoms with E-state index in [1.165, 1.54) is 9.95 Å². The van der Waals surface area contributed by atoms with Crippen LogP contribution in [0.1, 0.15) is 34.3 Å². The van der Waals surface area contributed by atoms with Gasteiger partial charge >= 0.3 is 5.97 Å². The summed E-state index contributed by atoms with van der Waals surface area (Å²) in [5.74, 6) is -0.719. The molecule has 30 heavy (non-hydrogen) atoms. The number of fused-ring (bicyclic) bond motifs is 1. The van der Waals surface area contributed by atoms with Crippen LogP contribution in [-0.2, 0) is 6.54 Å². The fourth-order valence-electron chi connectivity index (χ4n) is 3.65. The Morgan fingerprint density at radius 1 is 1.40 bits per heavy atom. The van der Waals surface area contributed by atoms with E-state index in [0.29, 0.717) is 34.9 Å². The third-order valence-corrected chi connectivity index (χ3v) is 6.05. The summed E-state index contributed by atoms with van der Waals surface area (Å²) >= 11 is 1.07. The van der Waals surface area contributed by atoms with Crippen molar-refractivity contribution in [2.45, 2.75) is 25.4 Å². The Labute approximate surface area is 182 Å². The molecule has 0 saturated carbocycles. The summed E-state index contributed by atoms with van der Waals surface area (Å²) in [6.07, 6.45) is 1.75. The highest BCUT2D eigenvalue weighted by Crippen LogP contribution is 2.26. The maximum atomic E-state index is 13.3. The molecule has 2 aromatic heterocycles. The van der Waals surface area contributed by atoms with Crippen molar-refractivity contribution in [3.63, 3.8) is 0 Å². The van der Waals surface area contributed by atoms with E-state index >= 15 is 0 Å². The van der Waals surface area contributed by atoms with E-state index in [2.05, 4.69) is 11.1 Å². The minimum absolute atomic E-state index is 0. The number of aromatic carboxylic acids is 1. The molecule has 8 nitrogen and oxygen atoms in total. The van der Waals surface area contributed by atoms with Gasteiger partial charge in [0, 0.05) is 24.5 Å². The van der Waals surface area contributed by atoms with Crippen molar-refractivity contribution in [1.29, 1.82) is 5.26 Å². The van der Waals surface area contributed by atoms with Crippen LogP contribution in [0.3, 0.4) is 0 Å². The molecular weight excluding hydrogens is 426 g/mol. The lowest BCUT2D eigenvalue weighted by molar-refractivity contribution is 0.0699. The number of thiophene rings is 1. The monoisotopic (exact) mass is 445 g/mol. The Balaban J connectivity index is 0.00000256. The molecule has 0 unspecified atom stereocenters. The van der Waals surface area contributed by atoms with Crippen LogP contribution < -0.4 is 16.2 Å². The molecule has 0 spiro atoms. The molecule has 1 atom stereocenters. The van der Waals surface area contributed by atoms with Gasteiger partial charge in [-0.25, -0.2) is 9.78 Å².